The van der Waals surface area contributed by atoms with E-state index in [9.17, 15) is 14.0 Å². The third-order valence-electron chi connectivity index (χ3n) is 3.11. The zero-order chi connectivity index (χ0) is 17.0. The van der Waals surface area contributed by atoms with Crippen LogP contribution in [0.15, 0.2) is 42.5 Å². The molecule has 0 heterocycles. The minimum absolute atomic E-state index is 0.0207. The van der Waals surface area contributed by atoms with Crippen LogP contribution in [0.2, 0.25) is 5.02 Å². The average Bonchev–Trinajstić information content (AvgIpc) is 2.50. The van der Waals surface area contributed by atoms with E-state index in [1.54, 1.807) is 24.3 Å². The van der Waals surface area contributed by atoms with E-state index in [0.717, 1.165) is 6.07 Å². The minimum atomic E-state index is -0.868. The predicted molar refractivity (Wildman–Crippen MR) is 86.6 cm³/mol. The Morgan fingerprint density at radius 1 is 1.22 bits per heavy atom. The number of nitrogens with one attached hydrogen (secondary N) is 1. The van der Waals surface area contributed by atoms with Gasteiger partial charge in [0, 0.05) is 10.6 Å². The third-order valence-corrected chi connectivity index (χ3v) is 3.35. The number of benzene rings is 2. The Morgan fingerprint density at radius 3 is 2.61 bits per heavy atom. The Hall–Kier alpha value is -2.40. The summed E-state index contributed by atoms with van der Waals surface area (Å²) in [6, 6.07) is 10.5. The van der Waals surface area contributed by atoms with E-state index in [0.29, 0.717) is 11.3 Å². The predicted octanol–water partition coefficient (Wildman–Crippen LogP) is 4.09. The molecule has 0 fully saturated rings. The molecule has 1 unspecified atom stereocenters. The third kappa shape index (κ3) is 4.53. The fraction of sp³-hybridized carbons (Fsp3) is 0.176. The number of carbonyl (C=O) groups excluding carboxylic acids is 2. The molecule has 2 aromatic carbocycles. The molecule has 0 aromatic heterocycles. The van der Waals surface area contributed by atoms with Gasteiger partial charge in [0.05, 0.1) is 5.69 Å². The fourth-order valence-electron chi connectivity index (χ4n) is 1.87. The molecular formula is C17H15ClFNO3. The van der Waals surface area contributed by atoms with Gasteiger partial charge in [-0.25, -0.2) is 4.39 Å². The van der Waals surface area contributed by atoms with Crippen LogP contribution in [0.1, 0.15) is 24.2 Å². The zero-order valence-corrected chi connectivity index (χ0v) is 13.4. The molecule has 0 spiro atoms. The lowest BCUT2D eigenvalue weighted by molar-refractivity contribution is -0.122. The standard InChI is InChI=1S/C17H15ClFNO3/c1-10(21)12-4-3-5-14(8-12)23-11(2)17(22)20-16-7-6-13(18)9-15(16)19/h3-9,11H,1-2H3,(H,20,22). The van der Waals surface area contributed by atoms with Crippen molar-refractivity contribution in [2.75, 3.05) is 5.32 Å². The van der Waals surface area contributed by atoms with Crippen LogP contribution < -0.4 is 10.1 Å². The van der Waals surface area contributed by atoms with E-state index in [1.807, 2.05) is 0 Å². The number of rotatable bonds is 5. The lowest BCUT2D eigenvalue weighted by Gasteiger charge is -2.15. The van der Waals surface area contributed by atoms with Gasteiger partial charge in [-0.2, -0.15) is 0 Å². The van der Waals surface area contributed by atoms with E-state index >= 15 is 0 Å². The molecule has 23 heavy (non-hydrogen) atoms. The molecule has 1 N–H and O–H groups in total. The highest BCUT2D eigenvalue weighted by molar-refractivity contribution is 6.30. The van der Waals surface area contributed by atoms with E-state index in [4.69, 9.17) is 16.3 Å². The number of halogens is 2. The van der Waals surface area contributed by atoms with Gasteiger partial charge in [0.1, 0.15) is 11.6 Å². The molecule has 0 aliphatic rings. The number of Topliss-reactive ketones (excluding diaryl/α,β-unsaturated/α-hetero) is 1. The fourth-order valence-corrected chi connectivity index (χ4v) is 2.03. The number of anilines is 1. The Morgan fingerprint density at radius 2 is 1.96 bits per heavy atom. The molecule has 0 aliphatic heterocycles. The molecule has 0 saturated heterocycles. The van der Waals surface area contributed by atoms with E-state index in [-0.39, 0.29) is 16.5 Å². The van der Waals surface area contributed by atoms with Crippen LogP contribution in [0.4, 0.5) is 10.1 Å². The van der Waals surface area contributed by atoms with Gasteiger partial charge in [0.25, 0.3) is 5.91 Å². The zero-order valence-electron chi connectivity index (χ0n) is 12.6. The highest BCUT2D eigenvalue weighted by Crippen LogP contribution is 2.20. The van der Waals surface area contributed by atoms with Crippen LogP contribution >= 0.6 is 11.6 Å². The monoisotopic (exact) mass is 335 g/mol. The Bertz CT molecular complexity index is 748. The molecule has 0 bridgehead atoms. The van der Waals surface area contributed by atoms with Gasteiger partial charge in [-0.15, -0.1) is 0 Å². The summed E-state index contributed by atoms with van der Waals surface area (Å²) in [7, 11) is 0. The van der Waals surface area contributed by atoms with Crippen molar-refractivity contribution in [2.24, 2.45) is 0 Å². The smallest absolute Gasteiger partial charge is 0.265 e. The van der Waals surface area contributed by atoms with Crippen molar-refractivity contribution in [1.82, 2.24) is 0 Å². The van der Waals surface area contributed by atoms with Crippen molar-refractivity contribution in [3.63, 3.8) is 0 Å². The first kappa shape index (κ1) is 17.0. The lowest BCUT2D eigenvalue weighted by Crippen LogP contribution is -2.30. The van der Waals surface area contributed by atoms with Crippen molar-refractivity contribution < 1.29 is 18.7 Å². The maximum atomic E-state index is 13.7. The molecule has 1 amide bonds. The first-order valence-corrected chi connectivity index (χ1v) is 7.28. The summed E-state index contributed by atoms with van der Waals surface area (Å²) in [6.07, 6.45) is -0.868. The Kier molecular flexibility index (Phi) is 5.34. The number of hydrogen-bond donors (Lipinski definition) is 1. The van der Waals surface area contributed by atoms with Crippen molar-refractivity contribution in [3.05, 3.63) is 58.9 Å². The van der Waals surface area contributed by atoms with E-state index in [2.05, 4.69) is 5.32 Å². The first-order valence-electron chi connectivity index (χ1n) is 6.90. The summed E-state index contributed by atoms with van der Waals surface area (Å²) in [5, 5.41) is 2.67. The van der Waals surface area contributed by atoms with Crippen molar-refractivity contribution in [3.8, 4) is 5.75 Å². The summed E-state index contributed by atoms with van der Waals surface area (Å²) in [5.74, 6) is -0.858. The quantitative estimate of drug-likeness (QED) is 0.837. The second kappa shape index (κ2) is 7.24. The van der Waals surface area contributed by atoms with Crippen LogP contribution in [0.5, 0.6) is 5.75 Å². The van der Waals surface area contributed by atoms with Crippen LogP contribution in [0, 0.1) is 5.82 Å². The average molecular weight is 336 g/mol. The molecule has 120 valence electrons. The summed E-state index contributed by atoms with van der Waals surface area (Å²) < 4.78 is 19.2. The lowest BCUT2D eigenvalue weighted by atomic mass is 10.1. The maximum Gasteiger partial charge on any atom is 0.265 e. The number of amides is 1. The molecular weight excluding hydrogens is 321 g/mol. The molecule has 6 heteroatoms. The maximum absolute atomic E-state index is 13.7. The molecule has 4 nitrogen and oxygen atoms in total. The first-order chi connectivity index (χ1) is 10.9. The van der Waals surface area contributed by atoms with E-state index in [1.165, 1.54) is 26.0 Å². The van der Waals surface area contributed by atoms with Crippen molar-refractivity contribution in [2.45, 2.75) is 20.0 Å². The summed E-state index contributed by atoms with van der Waals surface area (Å²) in [6.45, 7) is 2.97. The molecule has 1 atom stereocenters. The van der Waals surface area contributed by atoms with Crippen LogP contribution in [0.25, 0.3) is 0 Å². The number of hydrogen-bond acceptors (Lipinski definition) is 3. The largest absolute Gasteiger partial charge is 0.481 e. The number of ether oxygens (including phenoxy) is 1. The topological polar surface area (TPSA) is 55.4 Å². The van der Waals surface area contributed by atoms with Gasteiger partial charge in [0.2, 0.25) is 0 Å². The molecule has 2 rings (SSSR count). The van der Waals surface area contributed by atoms with Crippen LogP contribution in [0.3, 0.4) is 0 Å². The number of ketones is 1. The van der Waals surface area contributed by atoms with Crippen molar-refractivity contribution in [1.29, 1.82) is 0 Å². The van der Waals surface area contributed by atoms with Crippen LogP contribution in [-0.4, -0.2) is 17.8 Å². The molecule has 0 radical (unpaired) electrons. The van der Waals surface area contributed by atoms with Gasteiger partial charge in [0.15, 0.2) is 11.9 Å². The number of carbonyl (C=O) groups is 2. The van der Waals surface area contributed by atoms with Gasteiger partial charge < -0.3 is 10.1 Å². The van der Waals surface area contributed by atoms with Gasteiger partial charge in [-0.3, -0.25) is 9.59 Å². The summed E-state index contributed by atoms with van der Waals surface area (Å²) in [4.78, 5) is 23.4. The van der Waals surface area contributed by atoms with Gasteiger partial charge >= 0.3 is 0 Å². The molecule has 2 aromatic rings. The second-order valence-electron chi connectivity index (χ2n) is 4.96. The van der Waals surface area contributed by atoms with Gasteiger partial charge in [-0.05, 0) is 44.2 Å². The Labute approximate surface area is 138 Å². The summed E-state index contributed by atoms with van der Waals surface area (Å²) in [5.41, 5.74) is 0.506. The normalized spacial score (nSPS) is 11.7. The Balaban J connectivity index is 2.05. The van der Waals surface area contributed by atoms with Gasteiger partial charge in [-0.1, -0.05) is 23.7 Å². The molecule has 0 saturated carbocycles. The van der Waals surface area contributed by atoms with Crippen LogP contribution in [-0.2, 0) is 4.79 Å². The highest BCUT2D eigenvalue weighted by atomic mass is 35.5. The second-order valence-corrected chi connectivity index (χ2v) is 5.39. The highest BCUT2D eigenvalue weighted by Gasteiger charge is 2.17. The summed E-state index contributed by atoms with van der Waals surface area (Å²) >= 11 is 5.66. The van der Waals surface area contributed by atoms with E-state index < -0.39 is 17.8 Å². The molecule has 0 aliphatic carbocycles. The SMILES string of the molecule is CC(=O)c1cccc(OC(C)C(=O)Nc2ccc(Cl)cc2F)c1. The minimum Gasteiger partial charge on any atom is -0.481 e. The van der Waals surface area contributed by atoms with Crippen molar-refractivity contribution >= 4 is 29.0 Å².